The molecular formula is C19H25N3O3. The maximum Gasteiger partial charge on any atom is 0.228 e. The Morgan fingerprint density at radius 1 is 0.960 bits per heavy atom. The lowest BCUT2D eigenvalue weighted by Crippen LogP contribution is -2.50. The highest BCUT2D eigenvalue weighted by molar-refractivity contribution is 6.00. The van der Waals surface area contributed by atoms with Crippen LogP contribution in [-0.2, 0) is 14.4 Å². The molecule has 0 radical (unpaired) electrons. The molecule has 1 aromatic rings. The van der Waals surface area contributed by atoms with E-state index in [-0.39, 0.29) is 29.6 Å². The fourth-order valence-corrected chi connectivity index (χ4v) is 3.46. The summed E-state index contributed by atoms with van der Waals surface area (Å²) in [4.78, 5) is 40.0. The van der Waals surface area contributed by atoms with Gasteiger partial charge in [-0.05, 0) is 31.4 Å². The maximum absolute atomic E-state index is 12.6. The summed E-state index contributed by atoms with van der Waals surface area (Å²) in [6.45, 7) is 7.74. The van der Waals surface area contributed by atoms with E-state index in [0.717, 1.165) is 16.8 Å². The van der Waals surface area contributed by atoms with Crippen LogP contribution in [0, 0.1) is 25.7 Å². The molecule has 1 aliphatic carbocycles. The molecule has 6 nitrogen and oxygen atoms in total. The highest BCUT2D eigenvalue weighted by Gasteiger charge is 2.49. The van der Waals surface area contributed by atoms with Crippen LogP contribution in [0.3, 0.4) is 0 Å². The summed E-state index contributed by atoms with van der Waals surface area (Å²) in [5, 5.41) is 2.99. The third kappa shape index (κ3) is 3.67. The molecule has 134 valence electrons. The van der Waals surface area contributed by atoms with E-state index in [1.807, 2.05) is 32.0 Å². The molecule has 1 saturated heterocycles. The van der Waals surface area contributed by atoms with E-state index in [0.29, 0.717) is 32.6 Å². The molecule has 0 bridgehead atoms. The molecule has 0 aromatic heterocycles. The SMILES string of the molecule is CC(=O)N1CCN(C(=O)C2CC2C(=O)Nc2c(C)cccc2C)CC1. The lowest BCUT2D eigenvalue weighted by atomic mass is 10.1. The quantitative estimate of drug-likeness (QED) is 0.906. The van der Waals surface area contributed by atoms with Crippen LogP contribution in [0.5, 0.6) is 0 Å². The van der Waals surface area contributed by atoms with Crippen LogP contribution in [0.2, 0.25) is 0 Å². The van der Waals surface area contributed by atoms with Gasteiger partial charge in [0, 0.05) is 38.8 Å². The van der Waals surface area contributed by atoms with E-state index >= 15 is 0 Å². The second kappa shape index (κ2) is 6.86. The maximum atomic E-state index is 12.6. The van der Waals surface area contributed by atoms with Crippen LogP contribution >= 0.6 is 0 Å². The fraction of sp³-hybridized carbons (Fsp3) is 0.526. The Kier molecular flexibility index (Phi) is 4.79. The van der Waals surface area contributed by atoms with Crippen molar-refractivity contribution < 1.29 is 14.4 Å². The highest BCUT2D eigenvalue weighted by atomic mass is 16.2. The van der Waals surface area contributed by atoms with Gasteiger partial charge in [-0.15, -0.1) is 0 Å². The molecule has 3 amide bonds. The number of hydrogen-bond acceptors (Lipinski definition) is 3. The van der Waals surface area contributed by atoms with Crippen molar-refractivity contribution in [1.29, 1.82) is 0 Å². The summed E-state index contributed by atoms with van der Waals surface area (Å²) in [6, 6.07) is 5.89. The first kappa shape index (κ1) is 17.5. The number of carbonyl (C=O) groups is 3. The van der Waals surface area contributed by atoms with Crippen molar-refractivity contribution in [3.8, 4) is 0 Å². The zero-order chi connectivity index (χ0) is 18.1. The number of amides is 3. The zero-order valence-corrected chi connectivity index (χ0v) is 15.0. The Morgan fingerprint density at radius 3 is 2.08 bits per heavy atom. The molecule has 25 heavy (non-hydrogen) atoms. The number of aryl methyl sites for hydroxylation is 2. The average molecular weight is 343 g/mol. The lowest BCUT2D eigenvalue weighted by Gasteiger charge is -2.34. The van der Waals surface area contributed by atoms with Gasteiger partial charge in [0.1, 0.15) is 0 Å². The highest BCUT2D eigenvalue weighted by Crippen LogP contribution is 2.41. The number of para-hydroxylation sites is 1. The standard InChI is InChI=1S/C19H25N3O3/c1-12-5-4-6-13(2)17(12)20-18(24)15-11-16(15)19(25)22-9-7-21(8-10-22)14(3)23/h4-6,15-16H,7-11H2,1-3H3,(H,20,24). The molecule has 1 heterocycles. The second-order valence-electron chi connectivity index (χ2n) is 7.04. The van der Waals surface area contributed by atoms with Crippen molar-refractivity contribution in [3.63, 3.8) is 0 Å². The molecule has 1 saturated carbocycles. The third-order valence-corrected chi connectivity index (χ3v) is 5.21. The van der Waals surface area contributed by atoms with Crippen LogP contribution < -0.4 is 5.32 Å². The Labute approximate surface area is 148 Å². The average Bonchev–Trinajstić information content (AvgIpc) is 3.38. The van der Waals surface area contributed by atoms with Crippen molar-refractivity contribution in [1.82, 2.24) is 9.80 Å². The van der Waals surface area contributed by atoms with Crippen molar-refractivity contribution in [3.05, 3.63) is 29.3 Å². The van der Waals surface area contributed by atoms with Crippen molar-refractivity contribution in [2.75, 3.05) is 31.5 Å². The monoisotopic (exact) mass is 343 g/mol. The molecule has 3 rings (SSSR count). The van der Waals surface area contributed by atoms with Gasteiger partial charge in [0.05, 0.1) is 11.8 Å². The summed E-state index contributed by atoms with van der Waals surface area (Å²) in [5.41, 5.74) is 2.90. The van der Waals surface area contributed by atoms with E-state index in [1.165, 1.54) is 0 Å². The Balaban J connectivity index is 1.55. The number of piperazine rings is 1. The predicted molar refractivity (Wildman–Crippen MR) is 95.0 cm³/mol. The molecule has 6 heteroatoms. The van der Waals surface area contributed by atoms with E-state index < -0.39 is 0 Å². The van der Waals surface area contributed by atoms with Gasteiger partial charge in [-0.1, -0.05) is 18.2 Å². The molecule has 2 aliphatic rings. The molecule has 1 N–H and O–H groups in total. The Bertz CT molecular complexity index is 688. The van der Waals surface area contributed by atoms with Crippen molar-refractivity contribution in [2.45, 2.75) is 27.2 Å². The van der Waals surface area contributed by atoms with Gasteiger partial charge in [-0.3, -0.25) is 14.4 Å². The van der Waals surface area contributed by atoms with Crippen LogP contribution in [0.25, 0.3) is 0 Å². The van der Waals surface area contributed by atoms with Gasteiger partial charge in [-0.2, -0.15) is 0 Å². The van der Waals surface area contributed by atoms with Crippen LogP contribution in [0.1, 0.15) is 24.5 Å². The molecule has 2 atom stereocenters. The van der Waals surface area contributed by atoms with Gasteiger partial charge < -0.3 is 15.1 Å². The number of benzene rings is 1. The summed E-state index contributed by atoms with van der Waals surface area (Å²) >= 11 is 0. The lowest BCUT2D eigenvalue weighted by molar-refractivity contribution is -0.139. The number of rotatable bonds is 3. The van der Waals surface area contributed by atoms with Gasteiger partial charge in [0.2, 0.25) is 17.7 Å². The van der Waals surface area contributed by atoms with Crippen LogP contribution in [0.15, 0.2) is 18.2 Å². The van der Waals surface area contributed by atoms with E-state index in [9.17, 15) is 14.4 Å². The molecule has 0 spiro atoms. The fourth-order valence-electron chi connectivity index (χ4n) is 3.46. The van der Waals surface area contributed by atoms with E-state index in [4.69, 9.17) is 0 Å². The summed E-state index contributed by atoms with van der Waals surface area (Å²) in [6.07, 6.45) is 0.614. The minimum atomic E-state index is -0.239. The van der Waals surface area contributed by atoms with Gasteiger partial charge >= 0.3 is 0 Å². The van der Waals surface area contributed by atoms with Crippen molar-refractivity contribution >= 4 is 23.4 Å². The van der Waals surface area contributed by atoms with Gasteiger partial charge in [0.15, 0.2) is 0 Å². The summed E-state index contributed by atoms with van der Waals surface area (Å²) < 4.78 is 0. The second-order valence-corrected chi connectivity index (χ2v) is 7.04. The minimum Gasteiger partial charge on any atom is -0.339 e. The molecule has 2 fully saturated rings. The number of anilines is 1. The van der Waals surface area contributed by atoms with E-state index in [2.05, 4.69) is 5.32 Å². The van der Waals surface area contributed by atoms with Crippen LogP contribution in [0.4, 0.5) is 5.69 Å². The number of hydrogen-bond donors (Lipinski definition) is 1. The number of nitrogens with zero attached hydrogens (tertiary/aromatic N) is 2. The minimum absolute atomic E-state index is 0.0457. The van der Waals surface area contributed by atoms with Gasteiger partial charge in [0.25, 0.3) is 0 Å². The zero-order valence-electron chi connectivity index (χ0n) is 15.0. The first-order chi connectivity index (χ1) is 11.9. The normalized spacial score (nSPS) is 22.5. The topological polar surface area (TPSA) is 69.7 Å². The number of carbonyl (C=O) groups excluding carboxylic acids is 3. The van der Waals surface area contributed by atoms with Crippen molar-refractivity contribution in [2.24, 2.45) is 11.8 Å². The van der Waals surface area contributed by atoms with Gasteiger partial charge in [-0.25, -0.2) is 0 Å². The summed E-state index contributed by atoms with van der Waals surface area (Å²) in [5.74, 6) is -0.432. The largest absolute Gasteiger partial charge is 0.339 e. The molecule has 1 aromatic carbocycles. The molecule has 2 unspecified atom stereocenters. The Morgan fingerprint density at radius 2 is 1.52 bits per heavy atom. The predicted octanol–water partition coefficient (Wildman–Crippen LogP) is 1.57. The Hall–Kier alpha value is -2.37. The molecule has 1 aliphatic heterocycles. The number of nitrogens with one attached hydrogen (secondary N) is 1. The third-order valence-electron chi connectivity index (χ3n) is 5.21. The molecular weight excluding hydrogens is 318 g/mol. The smallest absolute Gasteiger partial charge is 0.228 e. The summed E-state index contributed by atoms with van der Waals surface area (Å²) in [7, 11) is 0. The first-order valence-electron chi connectivity index (χ1n) is 8.80. The first-order valence-corrected chi connectivity index (χ1v) is 8.80. The van der Waals surface area contributed by atoms with E-state index in [1.54, 1.807) is 16.7 Å². The van der Waals surface area contributed by atoms with Crippen LogP contribution in [-0.4, -0.2) is 53.7 Å².